The van der Waals surface area contributed by atoms with Crippen LogP contribution in [0.4, 0.5) is 0 Å². The number of rotatable bonds is 7. The second kappa shape index (κ2) is 9.78. The Balaban J connectivity index is 2.27. The molecule has 0 bridgehead atoms. The second-order valence-corrected chi connectivity index (χ2v) is 5.87. The molecule has 1 rings (SSSR count). The third-order valence-electron chi connectivity index (χ3n) is 4.06. The lowest BCUT2D eigenvalue weighted by molar-refractivity contribution is -0.129. The molecule has 0 aromatic heterocycles. The Morgan fingerprint density at radius 1 is 1.10 bits per heavy atom. The highest BCUT2D eigenvalue weighted by atomic mass is 16.2. The Labute approximate surface area is 123 Å². The van der Waals surface area contributed by atoms with E-state index in [9.17, 15) is 9.59 Å². The van der Waals surface area contributed by atoms with Gasteiger partial charge in [0, 0.05) is 32.5 Å². The molecule has 4 heteroatoms. The van der Waals surface area contributed by atoms with Crippen LogP contribution in [0.1, 0.15) is 71.6 Å². The van der Waals surface area contributed by atoms with Gasteiger partial charge in [0.05, 0.1) is 0 Å². The molecule has 1 N–H and O–H groups in total. The van der Waals surface area contributed by atoms with Crippen molar-refractivity contribution < 1.29 is 9.59 Å². The van der Waals surface area contributed by atoms with E-state index in [-0.39, 0.29) is 11.8 Å². The average molecular weight is 282 g/mol. The predicted molar refractivity (Wildman–Crippen MR) is 81.4 cm³/mol. The first-order valence-corrected chi connectivity index (χ1v) is 8.18. The third-order valence-corrected chi connectivity index (χ3v) is 4.06. The summed E-state index contributed by atoms with van der Waals surface area (Å²) in [4.78, 5) is 25.3. The van der Waals surface area contributed by atoms with Crippen LogP contribution in [0, 0.1) is 0 Å². The van der Waals surface area contributed by atoms with Crippen LogP contribution in [0.3, 0.4) is 0 Å². The van der Waals surface area contributed by atoms with Crippen molar-refractivity contribution in [3.63, 3.8) is 0 Å². The van der Waals surface area contributed by atoms with Gasteiger partial charge < -0.3 is 10.2 Å². The molecule has 0 heterocycles. The van der Waals surface area contributed by atoms with Crippen LogP contribution in [0.25, 0.3) is 0 Å². The van der Waals surface area contributed by atoms with Gasteiger partial charge in [-0.2, -0.15) is 0 Å². The molecule has 1 aliphatic carbocycles. The van der Waals surface area contributed by atoms with E-state index >= 15 is 0 Å². The van der Waals surface area contributed by atoms with E-state index in [0.29, 0.717) is 19.0 Å². The van der Waals surface area contributed by atoms with Gasteiger partial charge in [0.15, 0.2) is 0 Å². The molecule has 0 atom stereocenters. The number of nitrogens with zero attached hydrogens (tertiary/aromatic N) is 1. The van der Waals surface area contributed by atoms with E-state index in [1.165, 1.54) is 25.7 Å². The molecule has 0 radical (unpaired) electrons. The minimum atomic E-state index is 0.0701. The molecule has 0 saturated heterocycles. The van der Waals surface area contributed by atoms with Crippen LogP contribution >= 0.6 is 0 Å². The SMILES string of the molecule is CCCCN(CCC(=O)NC1CCCCCC1)C(C)=O. The fraction of sp³-hybridized carbons (Fsp3) is 0.875. The van der Waals surface area contributed by atoms with Gasteiger partial charge >= 0.3 is 0 Å². The molecule has 1 aliphatic rings. The Hall–Kier alpha value is -1.06. The first kappa shape index (κ1) is 17.0. The van der Waals surface area contributed by atoms with E-state index < -0.39 is 0 Å². The van der Waals surface area contributed by atoms with E-state index in [1.807, 2.05) is 0 Å². The van der Waals surface area contributed by atoms with Crippen LogP contribution in [0.15, 0.2) is 0 Å². The van der Waals surface area contributed by atoms with Crippen molar-refractivity contribution >= 4 is 11.8 Å². The zero-order chi connectivity index (χ0) is 14.8. The molecule has 116 valence electrons. The minimum absolute atomic E-state index is 0.0701. The molecule has 1 fully saturated rings. The smallest absolute Gasteiger partial charge is 0.221 e. The predicted octanol–water partition coefficient (Wildman–Crippen LogP) is 2.86. The van der Waals surface area contributed by atoms with E-state index in [1.54, 1.807) is 11.8 Å². The molecule has 0 aromatic carbocycles. The van der Waals surface area contributed by atoms with Crippen molar-refractivity contribution in [1.29, 1.82) is 0 Å². The van der Waals surface area contributed by atoms with Gasteiger partial charge in [-0.3, -0.25) is 9.59 Å². The Bertz CT molecular complexity index is 297. The molecule has 0 aromatic rings. The molecule has 0 spiro atoms. The standard InChI is InChI=1S/C16H30N2O2/c1-3-4-12-18(14(2)19)13-11-16(20)17-15-9-7-5-6-8-10-15/h15H,3-13H2,1-2H3,(H,17,20). The Morgan fingerprint density at radius 2 is 1.75 bits per heavy atom. The summed E-state index contributed by atoms with van der Waals surface area (Å²) in [5.74, 6) is 0.167. The fourth-order valence-electron chi connectivity index (χ4n) is 2.74. The van der Waals surface area contributed by atoms with Gasteiger partial charge in [0.25, 0.3) is 0 Å². The number of nitrogens with one attached hydrogen (secondary N) is 1. The van der Waals surface area contributed by atoms with Gasteiger partial charge in [0.2, 0.25) is 11.8 Å². The molecule has 4 nitrogen and oxygen atoms in total. The molecular formula is C16H30N2O2. The van der Waals surface area contributed by atoms with Crippen molar-refractivity contribution in [2.24, 2.45) is 0 Å². The highest BCUT2D eigenvalue weighted by Crippen LogP contribution is 2.17. The van der Waals surface area contributed by atoms with Gasteiger partial charge in [-0.15, -0.1) is 0 Å². The maximum Gasteiger partial charge on any atom is 0.221 e. The largest absolute Gasteiger partial charge is 0.353 e. The zero-order valence-electron chi connectivity index (χ0n) is 13.1. The number of unbranched alkanes of at least 4 members (excludes halogenated alkanes) is 1. The average Bonchev–Trinajstić information content (AvgIpc) is 2.67. The van der Waals surface area contributed by atoms with Crippen molar-refractivity contribution in [2.45, 2.75) is 77.7 Å². The quantitative estimate of drug-likeness (QED) is 0.730. The second-order valence-electron chi connectivity index (χ2n) is 5.87. The number of amides is 2. The van der Waals surface area contributed by atoms with Crippen molar-refractivity contribution in [3.8, 4) is 0 Å². The number of hydrogen-bond acceptors (Lipinski definition) is 2. The van der Waals surface area contributed by atoms with Gasteiger partial charge in [-0.25, -0.2) is 0 Å². The summed E-state index contributed by atoms with van der Waals surface area (Å²) in [5, 5.41) is 3.13. The van der Waals surface area contributed by atoms with Crippen LogP contribution in [0.2, 0.25) is 0 Å². The minimum Gasteiger partial charge on any atom is -0.353 e. The van der Waals surface area contributed by atoms with Crippen molar-refractivity contribution in [2.75, 3.05) is 13.1 Å². The first-order chi connectivity index (χ1) is 9.63. The van der Waals surface area contributed by atoms with Gasteiger partial charge in [0.1, 0.15) is 0 Å². The zero-order valence-corrected chi connectivity index (χ0v) is 13.1. The maximum absolute atomic E-state index is 12.0. The summed E-state index contributed by atoms with van der Waals surface area (Å²) in [6.07, 6.45) is 9.75. The monoisotopic (exact) mass is 282 g/mol. The highest BCUT2D eigenvalue weighted by Gasteiger charge is 2.16. The lowest BCUT2D eigenvalue weighted by Gasteiger charge is -2.22. The van der Waals surface area contributed by atoms with E-state index in [2.05, 4.69) is 12.2 Å². The molecule has 1 saturated carbocycles. The normalized spacial score (nSPS) is 16.5. The summed E-state index contributed by atoms with van der Waals surface area (Å²) in [5.41, 5.74) is 0. The van der Waals surface area contributed by atoms with Crippen LogP contribution < -0.4 is 5.32 Å². The lowest BCUT2D eigenvalue weighted by Crippen LogP contribution is -2.38. The molecule has 20 heavy (non-hydrogen) atoms. The Morgan fingerprint density at radius 3 is 2.30 bits per heavy atom. The Kier molecular flexibility index (Phi) is 8.31. The topological polar surface area (TPSA) is 49.4 Å². The summed E-state index contributed by atoms with van der Waals surface area (Å²) in [6.45, 7) is 5.01. The summed E-state index contributed by atoms with van der Waals surface area (Å²) in [7, 11) is 0. The summed E-state index contributed by atoms with van der Waals surface area (Å²) < 4.78 is 0. The fourth-order valence-corrected chi connectivity index (χ4v) is 2.74. The third kappa shape index (κ3) is 6.92. The van der Waals surface area contributed by atoms with Crippen LogP contribution in [0.5, 0.6) is 0 Å². The maximum atomic E-state index is 12.0. The van der Waals surface area contributed by atoms with Crippen LogP contribution in [-0.4, -0.2) is 35.8 Å². The first-order valence-electron chi connectivity index (χ1n) is 8.18. The summed E-state index contributed by atoms with van der Waals surface area (Å²) >= 11 is 0. The molecule has 0 aliphatic heterocycles. The molecule has 2 amide bonds. The van der Waals surface area contributed by atoms with Gasteiger partial charge in [-0.1, -0.05) is 39.0 Å². The van der Waals surface area contributed by atoms with Gasteiger partial charge in [-0.05, 0) is 19.3 Å². The van der Waals surface area contributed by atoms with E-state index in [4.69, 9.17) is 0 Å². The number of carbonyl (C=O) groups excluding carboxylic acids is 2. The molecular weight excluding hydrogens is 252 g/mol. The van der Waals surface area contributed by atoms with Crippen molar-refractivity contribution in [3.05, 3.63) is 0 Å². The van der Waals surface area contributed by atoms with E-state index in [0.717, 1.165) is 32.2 Å². The summed E-state index contributed by atoms with van der Waals surface area (Å²) in [6, 6.07) is 0.353. The highest BCUT2D eigenvalue weighted by molar-refractivity contribution is 5.78. The number of carbonyl (C=O) groups is 2. The number of hydrogen-bond donors (Lipinski definition) is 1. The van der Waals surface area contributed by atoms with Crippen LogP contribution in [-0.2, 0) is 9.59 Å². The lowest BCUT2D eigenvalue weighted by atomic mass is 10.1. The molecule has 0 unspecified atom stereocenters. The van der Waals surface area contributed by atoms with Crippen molar-refractivity contribution in [1.82, 2.24) is 10.2 Å².